The molecule has 0 bridgehead atoms. The van der Waals surface area contributed by atoms with Crippen LogP contribution in [0.4, 0.5) is 5.82 Å². The second-order valence-electron chi connectivity index (χ2n) is 4.66. The molecule has 0 atom stereocenters. The highest BCUT2D eigenvalue weighted by Gasteiger charge is 2.16. The molecule has 1 aliphatic rings. The zero-order valence-corrected chi connectivity index (χ0v) is 11.2. The zero-order valence-electron chi connectivity index (χ0n) is 11.2. The van der Waals surface area contributed by atoms with E-state index in [9.17, 15) is 4.79 Å². The van der Waals surface area contributed by atoms with Crippen LogP contribution in [-0.2, 0) is 9.53 Å². The van der Waals surface area contributed by atoms with Gasteiger partial charge in [0.25, 0.3) is 0 Å². The monoisotopic (exact) mass is 275 g/mol. The van der Waals surface area contributed by atoms with E-state index in [0.29, 0.717) is 39.3 Å². The highest BCUT2D eigenvalue weighted by molar-refractivity contribution is 5.88. The summed E-state index contributed by atoms with van der Waals surface area (Å²) in [6.45, 7) is 3.21. The molecule has 106 valence electrons. The number of hydrogen-bond acceptors (Lipinski definition) is 5. The molecule has 2 aromatic heterocycles. The number of fused-ring (bicyclic) bond motifs is 1. The summed E-state index contributed by atoms with van der Waals surface area (Å²) >= 11 is 0. The normalized spacial score (nSPS) is 15.5. The van der Waals surface area contributed by atoms with E-state index in [0.717, 1.165) is 16.8 Å². The van der Waals surface area contributed by atoms with Crippen LogP contribution >= 0.6 is 0 Å². The molecule has 0 saturated carbocycles. The van der Waals surface area contributed by atoms with Crippen LogP contribution in [0.3, 0.4) is 0 Å². The van der Waals surface area contributed by atoms with Crippen LogP contribution in [0.15, 0.2) is 29.0 Å². The Morgan fingerprint density at radius 3 is 3.05 bits per heavy atom. The molecule has 6 heteroatoms. The molecule has 1 fully saturated rings. The maximum absolute atomic E-state index is 12.0. The molecule has 0 spiro atoms. The minimum absolute atomic E-state index is 0.153. The van der Waals surface area contributed by atoms with Gasteiger partial charge in [0, 0.05) is 32.3 Å². The first kappa shape index (κ1) is 12.9. The molecule has 1 saturated heterocycles. The summed E-state index contributed by atoms with van der Waals surface area (Å²) in [5.74, 6) is 0.909. The molecule has 3 heterocycles. The van der Waals surface area contributed by atoms with E-state index in [1.165, 1.54) is 0 Å². The lowest BCUT2D eigenvalue weighted by atomic mass is 10.3. The van der Waals surface area contributed by atoms with Gasteiger partial charge in [-0.1, -0.05) is 0 Å². The molecule has 0 radical (unpaired) electrons. The highest BCUT2D eigenvalue weighted by atomic mass is 16.5. The third-order valence-corrected chi connectivity index (χ3v) is 3.37. The number of nitrogens with one attached hydrogen (secondary N) is 1. The Bertz CT molecular complexity index is 590. The van der Waals surface area contributed by atoms with Crippen molar-refractivity contribution in [3.05, 3.63) is 24.6 Å². The minimum Gasteiger partial charge on any atom is -0.464 e. The number of nitrogens with zero attached hydrogens (tertiary/aromatic N) is 2. The van der Waals surface area contributed by atoms with Crippen molar-refractivity contribution in [2.24, 2.45) is 0 Å². The molecule has 1 aliphatic heterocycles. The first-order valence-corrected chi connectivity index (χ1v) is 6.76. The fourth-order valence-electron chi connectivity index (χ4n) is 2.29. The summed E-state index contributed by atoms with van der Waals surface area (Å²) in [6.07, 6.45) is 3.78. The summed E-state index contributed by atoms with van der Waals surface area (Å²) in [7, 11) is 0. The predicted molar refractivity (Wildman–Crippen MR) is 74.5 cm³/mol. The van der Waals surface area contributed by atoms with E-state index >= 15 is 0 Å². The van der Waals surface area contributed by atoms with Gasteiger partial charge in [0.1, 0.15) is 11.4 Å². The van der Waals surface area contributed by atoms with Crippen LogP contribution in [-0.4, -0.2) is 48.6 Å². The second kappa shape index (κ2) is 5.92. The van der Waals surface area contributed by atoms with E-state index in [-0.39, 0.29) is 5.91 Å². The molecular weight excluding hydrogens is 258 g/mol. The lowest BCUT2D eigenvalue weighted by molar-refractivity contribution is -0.134. The molecule has 1 amide bonds. The largest absolute Gasteiger partial charge is 0.464 e. The Morgan fingerprint density at radius 1 is 1.35 bits per heavy atom. The molecular formula is C14H17N3O3. The maximum atomic E-state index is 12.0. The standard InChI is InChI=1S/C14H17N3O3/c18-13(17-6-9-19-10-7-17)2-5-16-14-11-3-8-20-12(11)1-4-15-14/h1,3-4,8H,2,5-7,9-10H2,(H,15,16). The van der Waals surface area contributed by atoms with Crippen molar-refractivity contribution in [3.8, 4) is 0 Å². The fourth-order valence-corrected chi connectivity index (χ4v) is 2.29. The number of hydrogen-bond donors (Lipinski definition) is 1. The number of rotatable bonds is 4. The van der Waals surface area contributed by atoms with Crippen LogP contribution < -0.4 is 5.32 Å². The first-order valence-electron chi connectivity index (χ1n) is 6.76. The van der Waals surface area contributed by atoms with Crippen molar-refractivity contribution < 1.29 is 13.9 Å². The molecule has 0 aliphatic carbocycles. The van der Waals surface area contributed by atoms with E-state index in [1.807, 2.05) is 17.0 Å². The van der Waals surface area contributed by atoms with Gasteiger partial charge in [0.15, 0.2) is 0 Å². The van der Waals surface area contributed by atoms with Crippen LogP contribution in [0.1, 0.15) is 6.42 Å². The highest BCUT2D eigenvalue weighted by Crippen LogP contribution is 2.21. The molecule has 3 rings (SSSR count). The van der Waals surface area contributed by atoms with Gasteiger partial charge in [-0.25, -0.2) is 4.98 Å². The molecule has 6 nitrogen and oxygen atoms in total. The van der Waals surface area contributed by atoms with Crippen molar-refractivity contribution in [3.63, 3.8) is 0 Å². The molecule has 2 aromatic rings. The van der Waals surface area contributed by atoms with E-state index in [2.05, 4.69) is 10.3 Å². The second-order valence-corrected chi connectivity index (χ2v) is 4.66. The average Bonchev–Trinajstić information content (AvgIpc) is 2.97. The number of morpholine rings is 1. The van der Waals surface area contributed by atoms with Crippen LogP contribution in [0, 0.1) is 0 Å². The van der Waals surface area contributed by atoms with Crippen LogP contribution in [0.25, 0.3) is 11.0 Å². The quantitative estimate of drug-likeness (QED) is 0.915. The molecule has 1 N–H and O–H groups in total. The minimum atomic E-state index is 0.153. The van der Waals surface area contributed by atoms with Gasteiger partial charge in [-0.3, -0.25) is 4.79 Å². The number of furan rings is 1. The Morgan fingerprint density at radius 2 is 2.20 bits per heavy atom. The average molecular weight is 275 g/mol. The fraction of sp³-hybridized carbons (Fsp3) is 0.429. The number of pyridine rings is 1. The summed E-state index contributed by atoms with van der Waals surface area (Å²) in [4.78, 5) is 18.1. The predicted octanol–water partition coefficient (Wildman–Crippen LogP) is 1.49. The summed E-state index contributed by atoms with van der Waals surface area (Å²) in [5, 5.41) is 4.13. The third kappa shape index (κ3) is 2.75. The molecule has 20 heavy (non-hydrogen) atoms. The van der Waals surface area contributed by atoms with Gasteiger partial charge >= 0.3 is 0 Å². The number of amides is 1. The Hall–Kier alpha value is -2.08. The number of aromatic nitrogens is 1. The molecule has 0 unspecified atom stereocenters. The number of carbonyl (C=O) groups excluding carboxylic acids is 1. The van der Waals surface area contributed by atoms with E-state index in [1.54, 1.807) is 12.5 Å². The summed E-state index contributed by atoms with van der Waals surface area (Å²) < 4.78 is 10.5. The summed E-state index contributed by atoms with van der Waals surface area (Å²) in [6, 6.07) is 3.69. The van der Waals surface area contributed by atoms with Gasteiger partial charge in [0.05, 0.1) is 24.9 Å². The van der Waals surface area contributed by atoms with Crippen molar-refractivity contribution in [1.29, 1.82) is 0 Å². The van der Waals surface area contributed by atoms with Gasteiger partial charge in [-0.05, 0) is 12.1 Å². The van der Waals surface area contributed by atoms with Crippen LogP contribution in [0.5, 0.6) is 0 Å². The lowest BCUT2D eigenvalue weighted by Gasteiger charge is -2.26. The van der Waals surface area contributed by atoms with Gasteiger partial charge < -0.3 is 19.4 Å². The Kier molecular flexibility index (Phi) is 3.83. The van der Waals surface area contributed by atoms with E-state index in [4.69, 9.17) is 9.15 Å². The lowest BCUT2D eigenvalue weighted by Crippen LogP contribution is -2.41. The zero-order chi connectivity index (χ0) is 13.8. The van der Waals surface area contributed by atoms with Gasteiger partial charge in [-0.15, -0.1) is 0 Å². The number of carbonyl (C=O) groups is 1. The number of ether oxygens (including phenoxy) is 1. The van der Waals surface area contributed by atoms with Crippen molar-refractivity contribution in [2.75, 3.05) is 38.2 Å². The SMILES string of the molecule is O=C(CCNc1nccc2occc12)N1CCOCC1. The van der Waals surface area contributed by atoms with Crippen molar-refractivity contribution in [2.45, 2.75) is 6.42 Å². The topological polar surface area (TPSA) is 67.6 Å². The van der Waals surface area contributed by atoms with Crippen molar-refractivity contribution in [1.82, 2.24) is 9.88 Å². The Labute approximate surface area is 116 Å². The smallest absolute Gasteiger partial charge is 0.224 e. The van der Waals surface area contributed by atoms with E-state index < -0.39 is 0 Å². The van der Waals surface area contributed by atoms with Gasteiger partial charge in [0.2, 0.25) is 5.91 Å². The summed E-state index contributed by atoms with van der Waals surface area (Å²) in [5.41, 5.74) is 0.794. The first-order chi connectivity index (χ1) is 9.84. The van der Waals surface area contributed by atoms with Crippen molar-refractivity contribution >= 4 is 22.7 Å². The van der Waals surface area contributed by atoms with Crippen LogP contribution in [0.2, 0.25) is 0 Å². The maximum Gasteiger partial charge on any atom is 0.224 e. The third-order valence-electron chi connectivity index (χ3n) is 3.37. The Balaban J connectivity index is 1.54. The number of anilines is 1. The molecule has 0 aromatic carbocycles. The van der Waals surface area contributed by atoms with Gasteiger partial charge in [-0.2, -0.15) is 0 Å².